The number of carboxylic acids is 2. The van der Waals surface area contributed by atoms with Gasteiger partial charge in [-0.1, -0.05) is 41.6 Å². The van der Waals surface area contributed by atoms with Crippen molar-refractivity contribution < 1.29 is 24.5 Å². The van der Waals surface area contributed by atoms with E-state index in [0.717, 1.165) is 22.8 Å². The molecule has 0 radical (unpaired) electrons. The van der Waals surface area contributed by atoms with Crippen molar-refractivity contribution in [3.05, 3.63) is 28.2 Å². The third-order valence-corrected chi connectivity index (χ3v) is 6.06. The monoisotopic (exact) mass is 470 g/mol. The molecule has 7 nitrogen and oxygen atoms in total. The fourth-order valence-corrected chi connectivity index (χ4v) is 4.43. The van der Waals surface area contributed by atoms with Crippen LogP contribution in [0.5, 0.6) is 5.75 Å². The average molecular weight is 471 g/mol. The van der Waals surface area contributed by atoms with Crippen molar-refractivity contribution in [3.63, 3.8) is 0 Å². The van der Waals surface area contributed by atoms with Crippen LogP contribution < -0.4 is 4.74 Å². The van der Waals surface area contributed by atoms with Crippen LogP contribution in [0.1, 0.15) is 44.1 Å². The van der Waals surface area contributed by atoms with E-state index in [0.29, 0.717) is 0 Å². The van der Waals surface area contributed by atoms with Crippen LogP contribution in [-0.4, -0.2) is 71.3 Å². The molecular weight excluding hydrogens is 440 g/mol. The van der Waals surface area contributed by atoms with Gasteiger partial charge < -0.3 is 14.9 Å². The van der Waals surface area contributed by atoms with E-state index in [1.807, 2.05) is 6.07 Å². The van der Waals surface area contributed by atoms with Gasteiger partial charge in [0.05, 0.1) is 7.11 Å². The van der Waals surface area contributed by atoms with Crippen LogP contribution in [0.2, 0.25) is 0 Å². The maximum atomic E-state index is 9.10. The molecule has 0 unspecified atom stereocenters. The zero-order valence-electron chi connectivity index (χ0n) is 17.0. The van der Waals surface area contributed by atoms with E-state index < -0.39 is 11.9 Å². The molecule has 3 rings (SSSR count). The summed E-state index contributed by atoms with van der Waals surface area (Å²) in [5.74, 6) is -2.65. The molecule has 29 heavy (non-hydrogen) atoms. The molecule has 1 aliphatic heterocycles. The van der Waals surface area contributed by atoms with Gasteiger partial charge in [-0.25, -0.2) is 9.59 Å². The predicted octanol–water partition coefficient (Wildman–Crippen LogP) is 3.45. The van der Waals surface area contributed by atoms with Crippen molar-refractivity contribution in [3.8, 4) is 5.75 Å². The van der Waals surface area contributed by atoms with E-state index in [4.69, 9.17) is 24.5 Å². The van der Waals surface area contributed by atoms with Crippen LogP contribution in [0, 0.1) is 0 Å². The number of carbonyl (C=O) groups is 2. The van der Waals surface area contributed by atoms with Gasteiger partial charge in [0, 0.05) is 48.8 Å². The molecule has 0 amide bonds. The molecule has 8 heteroatoms. The summed E-state index contributed by atoms with van der Waals surface area (Å²) < 4.78 is 6.64. The number of hydrogen-bond donors (Lipinski definition) is 2. The number of piperazine rings is 1. The summed E-state index contributed by atoms with van der Waals surface area (Å²) in [6, 6.07) is 7.14. The number of methoxy groups -OCH3 is 1. The van der Waals surface area contributed by atoms with E-state index in [1.165, 1.54) is 70.3 Å². The van der Waals surface area contributed by atoms with Gasteiger partial charge in [-0.05, 0) is 31.0 Å². The Bertz CT molecular complexity index is 657. The number of ether oxygens (including phenoxy) is 1. The highest BCUT2D eigenvalue weighted by molar-refractivity contribution is 9.10. The van der Waals surface area contributed by atoms with Crippen molar-refractivity contribution in [2.24, 2.45) is 0 Å². The van der Waals surface area contributed by atoms with Gasteiger partial charge in [0.25, 0.3) is 0 Å². The van der Waals surface area contributed by atoms with Gasteiger partial charge in [-0.3, -0.25) is 9.80 Å². The summed E-state index contributed by atoms with van der Waals surface area (Å²) in [7, 11) is 1.76. The molecule has 162 valence electrons. The molecule has 1 aromatic carbocycles. The van der Waals surface area contributed by atoms with Crippen LogP contribution in [0.3, 0.4) is 0 Å². The van der Waals surface area contributed by atoms with Gasteiger partial charge in [0.15, 0.2) is 0 Å². The SMILES string of the molecule is COc1ccc(Br)cc1CN1CCN(C2CCCCCC2)CC1.O=C(O)C(=O)O. The van der Waals surface area contributed by atoms with E-state index in [9.17, 15) is 0 Å². The molecule has 1 aliphatic carbocycles. The lowest BCUT2D eigenvalue weighted by Gasteiger charge is -2.39. The highest BCUT2D eigenvalue weighted by Crippen LogP contribution is 2.26. The Balaban J connectivity index is 0.000000438. The van der Waals surface area contributed by atoms with Crippen LogP contribution in [0.4, 0.5) is 0 Å². The van der Waals surface area contributed by atoms with E-state index >= 15 is 0 Å². The maximum absolute atomic E-state index is 9.10. The van der Waals surface area contributed by atoms with Crippen molar-refractivity contribution in [2.75, 3.05) is 33.3 Å². The molecule has 2 fully saturated rings. The maximum Gasteiger partial charge on any atom is 0.414 e. The van der Waals surface area contributed by atoms with Gasteiger partial charge in [0.2, 0.25) is 0 Å². The van der Waals surface area contributed by atoms with Crippen LogP contribution in [0.25, 0.3) is 0 Å². The lowest BCUT2D eigenvalue weighted by molar-refractivity contribution is -0.159. The summed E-state index contributed by atoms with van der Waals surface area (Å²) >= 11 is 3.58. The zero-order valence-corrected chi connectivity index (χ0v) is 18.6. The van der Waals surface area contributed by atoms with Crippen molar-refractivity contribution >= 4 is 27.9 Å². The highest BCUT2D eigenvalue weighted by atomic mass is 79.9. The zero-order chi connectivity index (χ0) is 21.2. The summed E-state index contributed by atoms with van der Waals surface area (Å²) in [6.45, 7) is 5.78. The minimum atomic E-state index is -1.82. The largest absolute Gasteiger partial charge is 0.496 e. The summed E-state index contributed by atoms with van der Waals surface area (Å²) in [6.07, 6.45) is 8.58. The molecule has 1 saturated carbocycles. The van der Waals surface area contributed by atoms with E-state index in [2.05, 4.69) is 37.9 Å². The Labute approximate surface area is 180 Å². The molecule has 1 heterocycles. The van der Waals surface area contributed by atoms with E-state index in [1.54, 1.807) is 7.11 Å². The second kappa shape index (κ2) is 12.1. The first kappa shape index (κ1) is 23.6. The first-order valence-corrected chi connectivity index (χ1v) is 10.9. The number of rotatable bonds is 4. The van der Waals surface area contributed by atoms with Gasteiger partial charge in [0.1, 0.15) is 5.75 Å². The summed E-state index contributed by atoms with van der Waals surface area (Å²) in [5, 5.41) is 14.8. The van der Waals surface area contributed by atoms with Crippen molar-refractivity contribution in [1.82, 2.24) is 9.80 Å². The number of benzene rings is 1. The normalized spacial score (nSPS) is 19.0. The first-order chi connectivity index (χ1) is 13.9. The van der Waals surface area contributed by atoms with Gasteiger partial charge >= 0.3 is 11.9 Å². The number of hydrogen-bond acceptors (Lipinski definition) is 5. The Hall–Kier alpha value is -1.64. The van der Waals surface area contributed by atoms with Crippen molar-refractivity contribution in [2.45, 2.75) is 51.1 Å². The number of nitrogens with zero attached hydrogens (tertiary/aromatic N) is 2. The Kier molecular flexibility index (Phi) is 9.90. The van der Waals surface area contributed by atoms with Crippen LogP contribution in [-0.2, 0) is 16.1 Å². The highest BCUT2D eigenvalue weighted by Gasteiger charge is 2.24. The molecule has 2 aliphatic rings. The van der Waals surface area contributed by atoms with Gasteiger partial charge in [-0.15, -0.1) is 0 Å². The minimum absolute atomic E-state index is 0.847. The lowest BCUT2D eigenvalue weighted by Crippen LogP contribution is -2.49. The summed E-state index contributed by atoms with van der Waals surface area (Å²) in [4.78, 5) is 23.5. The predicted molar refractivity (Wildman–Crippen MR) is 114 cm³/mol. The molecular formula is C21H31BrN2O5. The Morgan fingerprint density at radius 1 is 1.03 bits per heavy atom. The molecule has 0 aromatic heterocycles. The lowest BCUT2D eigenvalue weighted by atomic mass is 10.1. The van der Waals surface area contributed by atoms with E-state index in [-0.39, 0.29) is 0 Å². The number of aliphatic carboxylic acids is 2. The van der Waals surface area contributed by atoms with Crippen molar-refractivity contribution in [1.29, 1.82) is 0 Å². The third-order valence-electron chi connectivity index (χ3n) is 5.57. The molecule has 0 atom stereocenters. The fourth-order valence-electron chi connectivity index (χ4n) is 4.02. The first-order valence-electron chi connectivity index (χ1n) is 10.2. The summed E-state index contributed by atoms with van der Waals surface area (Å²) in [5.41, 5.74) is 1.28. The quantitative estimate of drug-likeness (QED) is 0.514. The number of halogens is 1. The van der Waals surface area contributed by atoms with Crippen LogP contribution >= 0.6 is 15.9 Å². The topological polar surface area (TPSA) is 90.3 Å². The molecule has 1 saturated heterocycles. The molecule has 1 aromatic rings. The second-order valence-corrected chi connectivity index (χ2v) is 8.44. The minimum Gasteiger partial charge on any atom is -0.496 e. The molecule has 0 bridgehead atoms. The average Bonchev–Trinajstić information content (AvgIpc) is 2.99. The van der Waals surface area contributed by atoms with Crippen LogP contribution in [0.15, 0.2) is 22.7 Å². The Morgan fingerprint density at radius 3 is 2.14 bits per heavy atom. The standard InChI is InChI=1S/C19H29BrN2O.C2H2O4/c1-23-19-9-8-17(20)14-16(19)15-21-10-12-22(13-11-21)18-6-4-2-3-5-7-18;3-1(4)2(5)6/h8-9,14,18H,2-7,10-13,15H2,1H3;(H,3,4)(H,5,6). The molecule has 2 N–H and O–H groups in total. The Morgan fingerprint density at radius 2 is 1.62 bits per heavy atom. The second-order valence-electron chi connectivity index (χ2n) is 7.52. The third kappa shape index (κ3) is 7.95. The fraction of sp³-hybridized carbons (Fsp3) is 0.619. The van der Waals surface area contributed by atoms with Gasteiger partial charge in [-0.2, -0.15) is 0 Å². The number of carboxylic acid groups (broad SMARTS) is 2. The smallest absolute Gasteiger partial charge is 0.414 e. The molecule has 0 spiro atoms.